The molecule has 2 heterocycles. The molecule has 41 heavy (non-hydrogen) atoms. The second kappa shape index (κ2) is 9.86. The summed E-state index contributed by atoms with van der Waals surface area (Å²) in [5.74, 6) is -2.23. The average Bonchev–Trinajstić information content (AvgIpc) is 3.50. The predicted molar refractivity (Wildman–Crippen MR) is 144 cm³/mol. The molecule has 5 rings (SSSR count). The van der Waals surface area contributed by atoms with Crippen molar-refractivity contribution in [2.24, 2.45) is 0 Å². The van der Waals surface area contributed by atoms with E-state index in [2.05, 4.69) is 20.7 Å². The number of carbonyl (C=O) groups excluding carboxylic acids is 3. The summed E-state index contributed by atoms with van der Waals surface area (Å²) in [7, 11) is 1.46. The third-order valence-electron chi connectivity index (χ3n) is 7.29. The largest absolute Gasteiger partial charge is 0.507 e. The van der Waals surface area contributed by atoms with Crippen molar-refractivity contribution < 1.29 is 39.2 Å². The monoisotopic (exact) mass is 561 g/mol. The van der Waals surface area contributed by atoms with E-state index in [1.807, 2.05) is 0 Å². The van der Waals surface area contributed by atoms with Crippen LogP contribution in [0.5, 0.6) is 23.0 Å². The lowest BCUT2D eigenvalue weighted by Gasteiger charge is -2.29. The van der Waals surface area contributed by atoms with Crippen LogP contribution in [0.2, 0.25) is 0 Å². The summed E-state index contributed by atoms with van der Waals surface area (Å²) in [5.41, 5.74) is -0.852. The minimum Gasteiger partial charge on any atom is -0.507 e. The molecule has 0 spiro atoms. The molecule has 0 radical (unpaired) electrons. The normalized spacial score (nSPS) is 18.8. The molecule has 3 aromatic rings. The van der Waals surface area contributed by atoms with Crippen LogP contribution in [0.25, 0.3) is 11.4 Å². The van der Waals surface area contributed by atoms with Crippen molar-refractivity contribution in [2.45, 2.75) is 39.7 Å². The van der Waals surface area contributed by atoms with Crippen molar-refractivity contribution >= 4 is 23.0 Å². The number of aliphatic hydroxyl groups excluding tert-OH is 1. The number of hydrogen-bond donors (Lipinski definition) is 4. The van der Waals surface area contributed by atoms with Gasteiger partial charge in [-0.2, -0.15) is 4.80 Å². The summed E-state index contributed by atoms with van der Waals surface area (Å²) in [6.45, 7) is 5.71. The fourth-order valence-corrected chi connectivity index (χ4v) is 5.11. The highest BCUT2D eigenvalue weighted by Crippen LogP contribution is 2.57. The Balaban J connectivity index is 1.60. The number of methoxy groups -OCH3 is 1. The second-order valence-electron chi connectivity index (χ2n) is 9.86. The molecular formula is C28H27N5O8. The minimum absolute atomic E-state index is 0.00340. The van der Waals surface area contributed by atoms with E-state index in [4.69, 9.17) is 14.6 Å². The molecule has 13 nitrogen and oxygen atoms in total. The number of hydrogen-bond acceptors (Lipinski definition) is 12. The lowest BCUT2D eigenvalue weighted by Crippen LogP contribution is -2.40. The standard InChI is InChI=1S/C28H27N5O8/c1-12-23(37)21(14(3)35)25-22(24(12)38)28(4)19(41-25)11-17(36)20(26(28)39)13(2)29-16-10-15(6-7-18(16)40-5)27-30-32-33(31-27)8-9-34/h6-7,10-11,29,34,37-38H,8-9H2,1-5H3/b20-13-/t28-/m0/s1. The summed E-state index contributed by atoms with van der Waals surface area (Å²) >= 11 is 0. The van der Waals surface area contributed by atoms with E-state index < -0.39 is 34.3 Å². The van der Waals surface area contributed by atoms with Gasteiger partial charge in [-0.05, 0) is 51.1 Å². The molecule has 0 bridgehead atoms. The smallest absolute Gasteiger partial charge is 0.204 e. The molecule has 212 valence electrons. The van der Waals surface area contributed by atoms with Crippen LogP contribution in [0.4, 0.5) is 5.69 Å². The third-order valence-corrected chi connectivity index (χ3v) is 7.29. The number of allylic oxidation sites excluding steroid dienone is 4. The van der Waals surface area contributed by atoms with Crippen molar-refractivity contribution in [1.82, 2.24) is 20.2 Å². The lowest BCUT2D eigenvalue weighted by molar-refractivity contribution is -0.123. The summed E-state index contributed by atoms with van der Waals surface area (Å²) in [5, 5.41) is 45.9. The quantitative estimate of drug-likeness (QED) is 0.188. The van der Waals surface area contributed by atoms with Crippen LogP contribution in [0.1, 0.15) is 42.3 Å². The first-order valence-electron chi connectivity index (χ1n) is 12.6. The molecule has 2 aliphatic rings. The molecule has 1 aromatic heterocycles. The van der Waals surface area contributed by atoms with Gasteiger partial charge >= 0.3 is 0 Å². The maximum atomic E-state index is 14.1. The predicted octanol–water partition coefficient (Wildman–Crippen LogP) is 2.34. The van der Waals surface area contributed by atoms with Crippen LogP contribution in [0, 0.1) is 6.92 Å². The molecule has 1 atom stereocenters. The molecule has 0 fully saturated rings. The van der Waals surface area contributed by atoms with Gasteiger partial charge in [-0.15, -0.1) is 10.2 Å². The van der Waals surface area contributed by atoms with Gasteiger partial charge in [-0.1, -0.05) is 0 Å². The Morgan fingerprint density at radius 2 is 1.93 bits per heavy atom. The van der Waals surface area contributed by atoms with Gasteiger partial charge in [0.15, 0.2) is 17.3 Å². The Morgan fingerprint density at radius 1 is 1.20 bits per heavy atom. The SMILES string of the molecule is COc1ccc(-c2nnn(CCO)n2)cc1N/C(C)=C1/C(=O)C=C2Oc3c(C(C)=O)c(O)c(C)c(O)c3[C@@]2(C)C1=O. The number of aromatic hydroxyl groups is 2. The van der Waals surface area contributed by atoms with Crippen molar-refractivity contribution in [3.63, 3.8) is 0 Å². The number of Topliss-reactive ketones (excluding diaryl/α,β-unsaturated/α-hetero) is 2. The molecule has 0 unspecified atom stereocenters. The van der Waals surface area contributed by atoms with Crippen LogP contribution < -0.4 is 14.8 Å². The van der Waals surface area contributed by atoms with E-state index in [-0.39, 0.29) is 58.4 Å². The van der Waals surface area contributed by atoms with Gasteiger partial charge in [-0.3, -0.25) is 14.4 Å². The van der Waals surface area contributed by atoms with Crippen LogP contribution in [-0.2, 0) is 21.5 Å². The Labute approximate surface area is 233 Å². The molecular weight excluding hydrogens is 534 g/mol. The molecule has 1 aliphatic carbocycles. The van der Waals surface area contributed by atoms with Gasteiger partial charge in [0.25, 0.3) is 0 Å². The Kier molecular flexibility index (Phi) is 6.62. The topological polar surface area (TPSA) is 186 Å². The Morgan fingerprint density at radius 3 is 2.59 bits per heavy atom. The van der Waals surface area contributed by atoms with Crippen molar-refractivity contribution in [3.8, 4) is 34.4 Å². The molecule has 0 saturated heterocycles. The number of fused-ring (bicyclic) bond motifs is 3. The zero-order valence-corrected chi connectivity index (χ0v) is 22.9. The highest BCUT2D eigenvalue weighted by atomic mass is 16.5. The number of tetrazole rings is 1. The number of phenolic OH excluding ortho intramolecular Hbond substituents is 2. The highest BCUT2D eigenvalue weighted by Gasteiger charge is 2.56. The summed E-state index contributed by atoms with van der Waals surface area (Å²) in [6.07, 6.45) is 1.15. The Bertz CT molecular complexity index is 1720. The van der Waals surface area contributed by atoms with Gasteiger partial charge in [0.2, 0.25) is 5.82 Å². The number of benzene rings is 2. The number of ether oxygens (including phenoxy) is 2. The number of nitrogens with zero attached hydrogens (tertiary/aromatic N) is 4. The van der Waals surface area contributed by atoms with Crippen molar-refractivity contribution in [1.29, 1.82) is 0 Å². The fourth-order valence-electron chi connectivity index (χ4n) is 5.11. The Hall–Kier alpha value is -5.04. The zero-order chi connectivity index (χ0) is 29.8. The molecule has 13 heteroatoms. The number of aromatic nitrogens is 4. The van der Waals surface area contributed by atoms with Gasteiger partial charge < -0.3 is 30.1 Å². The molecule has 0 saturated carbocycles. The molecule has 2 aromatic carbocycles. The number of phenols is 2. The van der Waals surface area contributed by atoms with Gasteiger partial charge in [-0.25, -0.2) is 0 Å². The number of ketones is 3. The number of carbonyl (C=O) groups is 3. The van der Waals surface area contributed by atoms with E-state index in [0.717, 1.165) is 6.08 Å². The fraction of sp³-hybridized carbons (Fsp3) is 0.286. The zero-order valence-electron chi connectivity index (χ0n) is 22.9. The lowest BCUT2D eigenvalue weighted by atomic mass is 9.70. The van der Waals surface area contributed by atoms with E-state index >= 15 is 0 Å². The van der Waals surface area contributed by atoms with Crippen molar-refractivity contribution in [2.75, 3.05) is 19.0 Å². The van der Waals surface area contributed by atoms with Crippen LogP contribution in [0.15, 0.2) is 41.3 Å². The number of rotatable bonds is 7. The molecule has 0 amide bonds. The highest BCUT2D eigenvalue weighted by molar-refractivity contribution is 6.31. The van der Waals surface area contributed by atoms with Crippen molar-refractivity contribution in [3.05, 3.63) is 58.0 Å². The summed E-state index contributed by atoms with van der Waals surface area (Å²) in [4.78, 5) is 41.0. The van der Waals surface area contributed by atoms with E-state index in [1.165, 1.54) is 32.7 Å². The maximum absolute atomic E-state index is 14.1. The molecule has 1 aliphatic heterocycles. The van der Waals surface area contributed by atoms with Crippen LogP contribution >= 0.6 is 0 Å². The summed E-state index contributed by atoms with van der Waals surface area (Å²) in [6, 6.07) is 5.03. The maximum Gasteiger partial charge on any atom is 0.204 e. The first-order chi connectivity index (χ1) is 19.4. The van der Waals surface area contributed by atoms with E-state index in [0.29, 0.717) is 17.0 Å². The average molecular weight is 562 g/mol. The van der Waals surface area contributed by atoms with Crippen LogP contribution in [0.3, 0.4) is 0 Å². The van der Waals surface area contributed by atoms with E-state index in [1.54, 1.807) is 25.1 Å². The van der Waals surface area contributed by atoms with Gasteiger partial charge in [0.05, 0.1) is 37.1 Å². The van der Waals surface area contributed by atoms with Gasteiger partial charge in [0.1, 0.15) is 39.7 Å². The van der Waals surface area contributed by atoms with Gasteiger partial charge in [0, 0.05) is 22.9 Å². The number of anilines is 1. The van der Waals surface area contributed by atoms with E-state index in [9.17, 15) is 24.6 Å². The third kappa shape index (κ3) is 4.12. The first kappa shape index (κ1) is 27.5. The number of aliphatic hydroxyl groups is 1. The van der Waals surface area contributed by atoms with Crippen LogP contribution in [-0.4, -0.2) is 66.6 Å². The summed E-state index contributed by atoms with van der Waals surface area (Å²) < 4.78 is 11.3. The minimum atomic E-state index is -1.64. The number of nitrogens with one attached hydrogen (secondary N) is 1. The second-order valence-corrected chi connectivity index (χ2v) is 9.86. The molecule has 4 N–H and O–H groups in total. The first-order valence-corrected chi connectivity index (χ1v) is 12.6.